The molecule has 37 heavy (non-hydrogen) atoms. The molecule has 0 unspecified atom stereocenters. The summed E-state index contributed by atoms with van der Waals surface area (Å²) in [5.74, 6) is -1.99. The number of hydrogen-bond acceptors (Lipinski definition) is 5. The number of urea groups is 1. The molecule has 1 fully saturated rings. The van der Waals surface area contributed by atoms with Crippen molar-refractivity contribution >= 4 is 35.2 Å². The Morgan fingerprint density at radius 3 is 2.43 bits per heavy atom. The molecule has 0 aromatic heterocycles. The first kappa shape index (κ1) is 25.6. The lowest BCUT2D eigenvalue weighted by Gasteiger charge is -2.21. The summed E-state index contributed by atoms with van der Waals surface area (Å²) in [7, 11) is 0. The molecule has 4 amide bonds. The van der Waals surface area contributed by atoms with E-state index in [1.54, 1.807) is 43.3 Å². The third kappa shape index (κ3) is 5.83. The van der Waals surface area contributed by atoms with Crippen LogP contribution in [0.1, 0.15) is 34.8 Å². The zero-order valence-electron chi connectivity index (χ0n) is 20.4. The van der Waals surface area contributed by atoms with Crippen LogP contribution in [0.15, 0.2) is 72.8 Å². The smallest absolute Gasteiger partial charge is 0.338 e. The van der Waals surface area contributed by atoms with Crippen LogP contribution in [0, 0.1) is 12.7 Å². The van der Waals surface area contributed by atoms with E-state index in [2.05, 4.69) is 5.32 Å². The Balaban J connectivity index is 1.57. The molecule has 1 N–H and O–H groups in total. The third-order valence-electron chi connectivity index (χ3n) is 5.88. The third-order valence-corrected chi connectivity index (χ3v) is 5.88. The van der Waals surface area contributed by atoms with Crippen molar-refractivity contribution in [1.82, 2.24) is 4.90 Å². The monoisotopic (exact) mass is 503 g/mol. The number of anilines is 2. The maximum absolute atomic E-state index is 13.4. The van der Waals surface area contributed by atoms with Crippen molar-refractivity contribution < 1.29 is 28.3 Å². The fourth-order valence-corrected chi connectivity index (χ4v) is 4.13. The van der Waals surface area contributed by atoms with Crippen LogP contribution in [0.4, 0.5) is 20.6 Å². The minimum absolute atomic E-state index is 0.0173. The van der Waals surface area contributed by atoms with Gasteiger partial charge in [-0.25, -0.2) is 18.9 Å². The van der Waals surface area contributed by atoms with E-state index in [1.165, 1.54) is 35.2 Å². The van der Waals surface area contributed by atoms with E-state index in [0.717, 1.165) is 10.5 Å². The van der Waals surface area contributed by atoms with Gasteiger partial charge in [-0.1, -0.05) is 30.3 Å². The van der Waals surface area contributed by atoms with Crippen LogP contribution in [0.25, 0.3) is 0 Å². The topological polar surface area (TPSA) is 96.0 Å². The molecule has 1 aliphatic heterocycles. The first-order chi connectivity index (χ1) is 17.8. The fourth-order valence-electron chi connectivity index (χ4n) is 4.13. The molecule has 0 spiro atoms. The van der Waals surface area contributed by atoms with E-state index in [1.807, 2.05) is 13.0 Å². The van der Waals surface area contributed by atoms with Crippen molar-refractivity contribution in [3.05, 3.63) is 95.3 Å². The molecular formula is C28H26FN3O5. The highest BCUT2D eigenvalue weighted by Gasteiger charge is 2.46. The van der Waals surface area contributed by atoms with E-state index < -0.39 is 35.7 Å². The second-order valence-electron chi connectivity index (χ2n) is 8.62. The van der Waals surface area contributed by atoms with Gasteiger partial charge in [0.15, 0.2) is 0 Å². The summed E-state index contributed by atoms with van der Waals surface area (Å²) in [6.07, 6.45) is -0.308. The van der Waals surface area contributed by atoms with E-state index in [0.29, 0.717) is 16.9 Å². The summed E-state index contributed by atoms with van der Waals surface area (Å²) in [5, 5.41) is 2.69. The number of nitrogens with zero attached hydrogens (tertiary/aromatic N) is 2. The predicted octanol–water partition coefficient (Wildman–Crippen LogP) is 4.68. The highest BCUT2D eigenvalue weighted by molar-refractivity contribution is 6.22. The van der Waals surface area contributed by atoms with Crippen LogP contribution in [-0.2, 0) is 20.9 Å². The molecule has 1 aliphatic rings. The fraction of sp³-hybridized carbons (Fsp3) is 0.214. The van der Waals surface area contributed by atoms with Gasteiger partial charge in [-0.05, 0) is 67.4 Å². The van der Waals surface area contributed by atoms with Gasteiger partial charge in [-0.2, -0.15) is 0 Å². The minimum atomic E-state index is -1.08. The van der Waals surface area contributed by atoms with Crippen LogP contribution in [0.5, 0.6) is 0 Å². The first-order valence-electron chi connectivity index (χ1n) is 11.8. The minimum Gasteiger partial charge on any atom is -0.462 e. The average molecular weight is 504 g/mol. The Hall–Kier alpha value is -4.53. The molecule has 9 heteroatoms. The Bertz CT molecular complexity index is 1340. The quantitative estimate of drug-likeness (QED) is 0.356. The Kier molecular flexibility index (Phi) is 7.62. The summed E-state index contributed by atoms with van der Waals surface area (Å²) < 4.78 is 18.4. The molecule has 0 radical (unpaired) electrons. The molecule has 0 bridgehead atoms. The molecule has 1 heterocycles. The predicted molar refractivity (Wildman–Crippen MR) is 135 cm³/mol. The zero-order chi connectivity index (χ0) is 26.5. The first-order valence-corrected chi connectivity index (χ1v) is 11.8. The van der Waals surface area contributed by atoms with E-state index in [4.69, 9.17) is 4.74 Å². The molecule has 1 saturated heterocycles. The summed E-state index contributed by atoms with van der Waals surface area (Å²) in [5.41, 5.74) is 2.51. The van der Waals surface area contributed by atoms with Crippen LogP contribution in [-0.4, -0.2) is 41.4 Å². The number of esters is 1. The standard InChI is InChI=1S/C28H26FN3O5/c1-3-37-27(35)20-7-5-8-22(15-20)30-25(33)16-24-26(34)32(23-9-4-6-18(2)14-23)28(36)31(24)17-19-10-12-21(29)13-11-19/h4-15,24H,3,16-17H2,1-2H3,(H,30,33)/t24-/m1/s1. The largest absolute Gasteiger partial charge is 0.462 e. The van der Waals surface area contributed by atoms with Gasteiger partial charge in [0.1, 0.15) is 11.9 Å². The number of imide groups is 1. The number of rotatable bonds is 8. The van der Waals surface area contributed by atoms with Gasteiger partial charge in [0.25, 0.3) is 5.91 Å². The van der Waals surface area contributed by atoms with Gasteiger partial charge in [-0.3, -0.25) is 9.59 Å². The molecule has 190 valence electrons. The normalized spacial score (nSPS) is 15.2. The highest BCUT2D eigenvalue weighted by Crippen LogP contribution is 2.29. The molecule has 3 aromatic carbocycles. The van der Waals surface area contributed by atoms with Crippen molar-refractivity contribution in [3.8, 4) is 0 Å². The lowest BCUT2D eigenvalue weighted by molar-refractivity contribution is -0.124. The van der Waals surface area contributed by atoms with E-state index in [9.17, 15) is 23.6 Å². The second kappa shape index (κ2) is 11.0. The SMILES string of the molecule is CCOC(=O)c1cccc(NC(=O)C[C@@H]2C(=O)N(c3cccc(C)c3)C(=O)N2Cc2ccc(F)cc2)c1. The summed E-state index contributed by atoms with van der Waals surface area (Å²) in [4.78, 5) is 54.2. The Labute approximate surface area is 213 Å². The molecule has 0 aliphatic carbocycles. The summed E-state index contributed by atoms with van der Waals surface area (Å²) in [6.45, 7) is 3.78. The average Bonchev–Trinajstić information content (AvgIpc) is 3.09. The number of halogens is 1. The lowest BCUT2D eigenvalue weighted by Crippen LogP contribution is -2.37. The van der Waals surface area contributed by atoms with Crippen LogP contribution < -0.4 is 10.2 Å². The highest BCUT2D eigenvalue weighted by atomic mass is 19.1. The molecule has 0 saturated carbocycles. The maximum atomic E-state index is 13.4. The molecule has 1 atom stereocenters. The number of benzene rings is 3. The number of hydrogen-bond donors (Lipinski definition) is 1. The van der Waals surface area contributed by atoms with E-state index >= 15 is 0 Å². The van der Waals surface area contributed by atoms with Gasteiger partial charge >= 0.3 is 12.0 Å². The number of aryl methyl sites for hydroxylation is 1. The van der Waals surface area contributed by atoms with Crippen molar-refractivity contribution in [2.75, 3.05) is 16.8 Å². The van der Waals surface area contributed by atoms with Crippen molar-refractivity contribution in [1.29, 1.82) is 0 Å². The molecular weight excluding hydrogens is 477 g/mol. The van der Waals surface area contributed by atoms with Gasteiger partial charge < -0.3 is 15.0 Å². The van der Waals surface area contributed by atoms with Crippen molar-refractivity contribution in [2.24, 2.45) is 0 Å². The number of carbonyl (C=O) groups excluding carboxylic acids is 4. The molecule has 3 aromatic rings. The summed E-state index contributed by atoms with van der Waals surface area (Å²) >= 11 is 0. The number of ether oxygens (including phenoxy) is 1. The molecule has 4 rings (SSSR count). The van der Waals surface area contributed by atoms with Crippen molar-refractivity contribution in [3.63, 3.8) is 0 Å². The number of amides is 4. The lowest BCUT2D eigenvalue weighted by atomic mass is 10.1. The van der Waals surface area contributed by atoms with E-state index in [-0.39, 0.29) is 25.1 Å². The molecule has 8 nitrogen and oxygen atoms in total. The number of nitrogens with one attached hydrogen (secondary N) is 1. The van der Waals surface area contributed by atoms with Gasteiger partial charge in [0.05, 0.1) is 24.3 Å². The van der Waals surface area contributed by atoms with Gasteiger partial charge in [0.2, 0.25) is 5.91 Å². The summed E-state index contributed by atoms with van der Waals surface area (Å²) in [6, 6.07) is 17.2. The zero-order valence-corrected chi connectivity index (χ0v) is 20.4. The van der Waals surface area contributed by atoms with Crippen LogP contribution >= 0.6 is 0 Å². The maximum Gasteiger partial charge on any atom is 0.338 e. The Morgan fingerprint density at radius 2 is 1.73 bits per heavy atom. The second-order valence-corrected chi connectivity index (χ2v) is 8.62. The van der Waals surface area contributed by atoms with Gasteiger partial charge in [0, 0.05) is 12.2 Å². The number of carbonyl (C=O) groups is 4. The van der Waals surface area contributed by atoms with Gasteiger partial charge in [-0.15, -0.1) is 0 Å². The van der Waals surface area contributed by atoms with Crippen LogP contribution in [0.2, 0.25) is 0 Å². The van der Waals surface area contributed by atoms with Crippen molar-refractivity contribution in [2.45, 2.75) is 32.9 Å². The Morgan fingerprint density at radius 1 is 1.00 bits per heavy atom. The van der Waals surface area contributed by atoms with Crippen LogP contribution in [0.3, 0.4) is 0 Å².